The predicted molar refractivity (Wildman–Crippen MR) is 106 cm³/mol. The number of rotatable bonds is 6. The van der Waals surface area contributed by atoms with E-state index < -0.39 is 10.0 Å². The lowest BCUT2D eigenvalue weighted by Gasteiger charge is -2.33. The molecule has 1 heterocycles. The van der Waals surface area contributed by atoms with Crippen LogP contribution in [0.2, 0.25) is 0 Å². The van der Waals surface area contributed by atoms with Gasteiger partial charge in [-0.15, -0.1) is 12.4 Å². The minimum atomic E-state index is -3.54. The Morgan fingerprint density at radius 1 is 1.23 bits per heavy atom. The number of piperidine rings is 1. The summed E-state index contributed by atoms with van der Waals surface area (Å²) < 4.78 is 27.1. The lowest BCUT2D eigenvalue weighted by molar-refractivity contribution is 0.0681. The van der Waals surface area contributed by atoms with Crippen LogP contribution in [0.25, 0.3) is 0 Å². The third kappa shape index (κ3) is 5.67. The van der Waals surface area contributed by atoms with Gasteiger partial charge in [-0.25, -0.2) is 13.1 Å². The molecule has 1 aromatic rings. The molecule has 1 aliphatic rings. The van der Waals surface area contributed by atoms with Crippen molar-refractivity contribution in [3.63, 3.8) is 0 Å². The fraction of sp³-hybridized carbons (Fsp3) is 0.611. The smallest absolute Gasteiger partial charge is 0.253 e. The van der Waals surface area contributed by atoms with Crippen molar-refractivity contribution in [2.75, 3.05) is 13.1 Å². The van der Waals surface area contributed by atoms with Gasteiger partial charge in [0, 0.05) is 30.7 Å². The Hall–Kier alpha value is -1.15. The molecule has 2 unspecified atom stereocenters. The van der Waals surface area contributed by atoms with Crippen molar-refractivity contribution >= 4 is 28.3 Å². The van der Waals surface area contributed by atoms with E-state index in [2.05, 4.69) is 4.72 Å². The van der Waals surface area contributed by atoms with Gasteiger partial charge in [-0.1, -0.05) is 6.92 Å². The van der Waals surface area contributed by atoms with Gasteiger partial charge in [-0.3, -0.25) is 4.79 Å². The van der Waals surface area contributed by atoms with Gasteiger partial charge in [0.05, 0.1) is 4.90 Å². The predicted octanol–water partition coefficient (Wildman–Crippen LogP) is 2.38. The number of hydrogen-bond acceptors (Lipinski definition) is 4. The molecule has 1 aromatic carbocycles. The first-order valence-electron chi connectivity index (χ1n) is 8.92. The molecule has 1 saturated heterocycles. The highest BCUT2D eigenvalue weighted by Gasteiger charge is 2.26. The Morgan fingerprint density at radius 2 is 1.77 bits per heavy atom. The largest absolute Gasteiger partial charge is 0.339 e. The van der Waals surface area contributed by atoms with Crippen LogP contribution in [-0.4, -0.2) is 44.4 Å². The molecular weight excluding hydrogens is 374 g/mol. The Kier molecular flexibility index (Phi) is 8.53. The minimum absolute atomic E-state index is 0. The monoisotopic (exact) mass is 403 g/mol. The fourth-order valence-electron chi connectivity index (χ4n) is 3.00. The third-order valence-electron chi connectivity index (χ3n) is 4.95. The van der Waals surface area contributed by atoms with Crippen molar-refractivity contribution in [2.24, 2.45) is 11.7 Å². The molecule has 8 heteroatoms. The molecule has 0 aromatic heterocycles. The number of halogens is 1. The van der Waals surface area contributed by atoms with Crippen LogP contribution in [0.5, 0.6) is 0 Å². The Labute approximate surface area is 163 Å². The topological polar surface area (TPSA) is 92.5 Å². The van der Waals surface area contributed by atoms with E-state index in [-0.39, 0.29) is 35.3 Å². The van der Waals surface area contributed by atoms with Crippen LogP contribution < -0.4 is 10.5 Å². The van der Waals surface area contributed by atoms with Gasteiger partial charge in [0.25, 0.3) is 5.91 Å². The van der Waals surface area contributed by atoms with E-state index in [1.165, 1.54) is 12.1 Å². The maximum atomic E-state index is 12.6. The molecule has 0 radical (unpaired) electrons. The van der Waals surface area contributed by atoms with Crippen molar-refractivity contribution in [3.05, 3.63) is 29.8 Å². The highest BCUT2D eigenvalue weighted by molar-refractivity contribution is 7.89. The number of carbonyl (C=O) groups excluding carboxylic acids is 1. The lowest BCUT2D eigenvalue weighted by Crippen LogP contribution is -2.42. The van der Waals surface area contributed by atoms with E-state index in [1.807, 2.05) is 25.7 Å². The average Bonchev–Trinajstić information content (AvgIpc) is 2.60. The van der Waals surface area contributed by atoms with E-state index in [4.69, 9.17) is 5.73 Å². The highest BCUT2D eigenvalue weighted by Crippen LogP contribution is 2.21. The van der Waals surface area contributed by atoms with Crippen LogP contribution in [-0.2, 0) is 10.0 Å². The lowest BCUT2D eigenvalue weighted by atomic mass is 9.90. The van der Waals surface area contributed by atoms with E-state index in [0.717, 1.165) is 12.8 Å². The number of nitrogens with zero attached hydrogens (tertiary/aromatic N) is 1. The van der Waals surface area contributed by atoms with Crippen LogP contribution in [0.1, 0.15) is 50.4 Å². The van der Waals surface area contributed by atoms with Gasteiger partial charge in [-0.05, 0) is 63.3 Å². The standard InChI is InChI=1S/C18H29N3O3S.ClH/c1-4-13(2)20-25(23,24)17-7-5-16(6-8-17)18(22)21-11-9-15(10-12-21)14(3)19;/h5-8,13-15,20H,4,9-12,19H2,1-3H3;1H. The molecule has 0 saturated carbocycles. The van der Waals surface area contributed by atoms with Crippen molar-refractivity contribution in [2.45, 2.75) is 57.0 Å². The first-order chi connectivity index (χ1) is 11.7. The number of carbonyl (C=O) groups is 1. The Balaban J connectivity index is 0.00000338. The summed E-state index contributed by atoms with van der Waals surface area (Å²) in [4.78, 5) is 14.6. The van der Waals surface area contributed by atoms with Gasteiger partial charge < -0.3 is 10.6 Å². The second-order valence-electron chi connectivity index (χ2n) is 6.94. The van der Waals surface area contributed by atoms with Crippen LogP contribution in [0.4, 0.5) is 0 Å². The first kappa shape index (κ1) is 22.9. The van der Waals surface area contributed by atoms with Gasteiger partial charge in [-0.2, -0.15) is 0 Å². The summed E-state index contributed by atoms with van der Waals surface area (Å²) in [5, 5.41) is 0. The maximum Gasteiger partial charge on any atom is 0.253 e. The van der Waals surface area contributed by atoms with Crippen LogP contribution in [0.15, 0.2) is 29.2 Å². The second-order valence-corrected chi connectivity index (χ2v) is 8.66. The zero-order valence-electron chi connectivity index (χ0n) is 15.6. The normalized spacial score (nSPS) is 18.1. The summed E-state index contributed by atoms with van der Waals surface area (Å²) in [7, 11) is -3.54. The van der Waals surface area contributed by atoms with Gasteiger partial charge in [0.1, 0.15) is 0 Å². The molecule has 2 rings (SSSR count). The molecule has 0 aliphatic carbocycles. The van der Waals surface area contributed by atoms with Crippen molar-refractivity contribution in [3.8, 4) is 0 Å². The summed E-state index contributed by atoms with van der Waals surface area (Å²) in [5.41, 5.74) is 6.45. The Bertz CT molecular complexity index is 684. The third-order valence-corrected chi connectivity index (χ3v) is 6.56. The number of nitrogens with one attached hydrogen (secondary N) is 1. The molecule has 1 fully saturated rings. The highest BCUT2D eigenvalue weighted by atomic mass is 35.5. The van der Waals surface area contributed by atoms with E-state index in [9.17, 15) is 13.2 Å². The summed E-state index contributed by atoms with van der Waals surface area (Å²) in [5.74, 6) is 0.408. The van der Waals surface area contributed by atoms with Crippen LogP contribution in [0.3, 0.4) is 0 Å². The number of hydrogen-bond donors (Lipinski definition) is 2. The molecule has 1 aliphatic heterocycles. The average molecular weight is 404 g/mol. The van der Waals surface area contributed by atoms with E-state index >= 15 is 0 Å². The summed E-state index contributed by atoms with van der Waals surface area (Å²) in [6.45, 7) is 7.14. The van der Waals surface area contributed by atoms with Gasteiger partial charge in [0.2, 0.25) is 10.0 Å². The number of amides is 1. The van der Waals surface area contributed by atoms with Crippen molar-refractivity contribution < 1.29 is 13.2 Å². The molecule has 1 amide bonds. The summed E-state index contributed by atoms with van der Waals surface area (Å²) >= 11 is 0. The molecule has 148 valence electrons. The fourth-order valence-corrected chi connectivity index (χ4v) is 4.33. The number of benzene rings is 1. The second kappa shape index (κ2) is 9.69. The van der Waals surface area contributed by atoms with Crippen LogP contribution in [0, 0.1) is 5.92 Å². The number of likely N-dealkylation sites (tertiary alicyclic amines) is 1. The first-order valence-corrected chi connectivity index (χ1v) is 10.4. The quantitative estimate of drug-likeness (QED) is 0.762. The summed E-state index contributed by atoms with van der Waals surface area (Å²) in [6.07, 6.45) is 2.54. The number of sulfonamides is 1. The molecule has 0 spiro atoms. The zero-order valence-corrected chi connectivity index (χ0v) is 17.3. The molecule has 0 bridgehead atoms. The van der Waals surface area contributed by atoms with Gasteiger partial charge in [0.15, 0.2) is 0 Å². The Morgan fingerprint density at radius 3 is 2.23 bits per heavy atom. The number of nitrogens with two attached hydrogens (primary N) is 1. The van der Waals surface area contributed by atoms with Gasteiger partial charge >= 0.3 is 0 Å². The molecular formula is C18H30ClN3O3S. The van der Waals surface area contributed by atoms with Crippen LogP contribution >= 0.6 is 12.4 Å². The maximum absolute atomic E-state index is 12.6. The van der Waals surface area contributed by atoms with E-state index in [0.29, 0.717) is 31.0 Å². The summed E-state index contributed by atoms with van der Waals surface area (Å²) in [6, 6.07) is 6.19. The molecule has 3 N–H and O–H groups in total. The SMILES string of the molecule is CCC(C)NS(=O)(=O)c1ccc(C(=O)N2CCC(C(C)N)CC2)cc1.Cl. The molecule has 2 atom stereocenters. The van der Waals surface area contributed by atoms with Crippen molar-refractivity contribution in [1.29, 1.82) is 0 Å². The van der Waals surface area contributed by atoms with Crippen molar-refractivity contribution in [1.82, 2.24) is 9.62 Å². The molecule has 6 nitrogen and oxygen atoms in total. The zero-order chi connectivity index (χ0) is 18.6. The molecule has 26 heavy (non-hydrogen) atoms. The minimum Gasteiger partial charge on any atom is -0.339 e. The van der Waals surface area contributed by atoms with E-state index in [1.54, 1.807) is 12.1 Å².